The van der Waals surface area contributed by atoms with Crippen LogP contribution in [0.15, 0.2) is 36.7 Å². The molecule has 5 heteroatoms. The van der Waals surface area contributed by atoms with Gasteiger partial charge in [0.15, 0.2) is 0 Å². The molecule has 1 N–H and O–H groups in total. The summed E-state index contributed by atoms with van der Waals surface area (Å²) in [7, 11) is 0. The third-order valence-electron chi connectivity index (χ3n) is 2.31. The number of aromatic nitrogens is 2. The molecule has 0 saturated heterocycles. The van der Waals surface area contributed by atoms with Gasteiger partial charge >= 0.3 is 0 Å². The number of alkyl halides is 1. The lowest BCUT2D eigenvalue weighted by atomic mass is 10.1. The van der Waals surface area contributed by atoms with E-state index in [4.69, 9.17) is 11.6 Å². The molecule has 0 aliphatic rings. The highest BCUT2D eigenvalue weighted by Crippen LogP contribution is 2.22. The van der Waals surface area contributed by atoms with Crippen molar-refractivity contribution in [2.45, 2.75) is 10.7 Å². The fraction of sp³-hybridized carbons (Fsp3) is 0.182. The van der Waals surface area contributed by atoms with Crippen LogP contribution in [-0.2, 0) is 4.55 Å². The summed E-state index contributed by atoms with van der Waals surface area (Å²) in [6.45, 7) is 0. The van der Waals surface area contributed by atoms with Crippen LogP contribution in [0.25, 0.3) is 0 Å². The van der Waals surface area contributed by atoms with Crippen LogP contribution in [0.4, 0.5) is 0 Å². The number of aliphatic hydroxyl groups is 1. The highest BCUT2D eigenvalue weighted by Gasteiger charge is 2.15. The van der Waals surface area contributed by atoms with Gasteiger partial charge in [0, 0.05) is 17.4 Å². The average molecular weight is 349 g/mol. The van der Waals surface area contributed by atoms with Gasteiger partial charge < -0.3 is 9.67 Å². The van der Waals surface area contributed by atoms with Gasteiger partial charge in [-0.3, -0.25) is 0 Å². The first kappa shape index (κ1) is 11.9. The third-order valence-corrected chi connectivity index (χ3v) is 3.29. The Labute approximate surface area is 112 Å². The summed E-state index contributed by atoms with van der Waals surface area (Å²) in [6, 6.07) is 7.13. The summed E-state index contributed by atoms with van der Waals surface area (Å²) in [5.74, 6) is 0.650. The van der Waals surface area contributed by atoms with Crippen LogP contribution in [0.2, 0.25) is 5.02 Å². The van der Waals surface area contributed by atoms with Crippen LogP contribution in [-0.4, -0.2) is 14.7 Å². The fourth-order valence-electron chi connectivity index (χ4n) is 1.46. The molecule has 0 radical (unpaired) electrons. The molecule has 0 bridgehead atoms. The molecule has 0 fully saturated rings. The Morgan fingerprint density at radius 3 is 2.69 bits per heavy atom. The zero-order chi connectivity index (χ0) is 11.5. The minimum absolute atomic E-state index is 0.650. The van der Waals surface area contributed by atoms with Crippen LogP contribution < -0.4 is 0 Å². The summed E-state index contributed by atoms with van der Waals surface area (Å²) < 4.78 is 2.66. The van der Waals surface area contributed by atoms with Crippen molar-refractivity contribution in [3.8, 4) is 0 Å². The molecular formula is C11H10ClIN2O. The highest BCUT2D eigenvalue weighted by molar-refractivity contribution is 14.1. The summed E-state index contributed by atoms with van der Waals surface area (Å²) in [5, 5.41) is 10.8. The molecule has 0 aliphatic heterocycles. The van der Waals surface area contributed by atoms with Crippen LogP contribution in [0, 0.1) is 0 Å². The molecular weight excluding hydrogens is 338 g/mol. The first-order valence-corrected chi connectivity index (χ1v) is 6.63. The van der Waals surface area contributed by atoms with Gasteiger partial charge in [0.1, 0.15) is 11.9 Å². The Morgan fingerprint density at radius 1 is 1.38 bits per heavy atom. The SMILES string of the molecule is OC(c1ccc(Cl)cc1)c1nccn1CI. The van der Waals surface area contributed by atoms with E-state index in [0.29, 0.717) is 10.8 Å². The van der Waals surface area contributed by atoms with Crippen LogP contribution in [0.5, 0.6) is 0 Å². The zero-order valence-corrected chi connectivity index (χ0v) is 11.3. The van der Waals surface area contributed by atoms with Crippen molar-refractivity contribution >= 4 is 34.2 Å². The number of rotatable bonds is 3. The van der Waals surface area contributed by atoms with E-state index in [-0.39, 0.29) is 0 Å². The second-order valence-electron chi connectivity index (χ2n) is 3.33. The molecule has 0 amide bonds. The number of nitrogens with zero attached hydrogens (tertiary/aromatic N) is 2. The lowest BCUT2D eigenvalue weighted by molar-refractivity contribution is 0.206. The molecule has 1 aromatic carbocycles. The highest BCUT2D eigenvalue weighted by atomic mass is 127. The van der Waals surface area contributed by atoms with E-state index in [1.54, 1.807) is 30.5 Å². The first-order chi connectivity index (χ1) is 7.72. The molecule has 84 valence electrons. The van der Waals surface area contributed by atoms with Gasteiger partial charge in [0.25, 0.3) is 0 Å². The van der Waals surface area contributed by atoms with E-state index in [1.165, 1.54) is 0 Å². The summed E-state index contributed by atoms with van der Waals surface area (Å²) >= 11 is 8.02. The number of benzene rings is 1. The van der Waals surface area contributed by atoms with E-state index in [9.17, 15) is 5.11 Å². The van der Waals surface area contributed by atoms with E-state index in [0.717, 1.165) is 10.1 Å². The van der Waals surface area contributed by atoms with E-state index in [1.807, 2.05) is 10.8 Å². The van der Waals surface area contributed by atoms with Crippen molar-refractivity contribution < 1.29 is 5.11 Å². The topological polar surface area (TPSA) is 38.1 Å². The molecule has 2 rings (SSSR count). The quantitative estimate of drug-likeness (QED) is 0.684. The van der Waals surface area contributed by atoms with Gasteiger partial charge in [-0.25, -0.2) is 4.98 Å². The molecule has 2 aromatic rings. The minimum atomic E-state index is -0.706. The first-order valence-electron chi connectivity index (χ1n) is 4.73. The van der Waals surface area contributed by atoms with Crippen molar-refractivity contribution in [2.24, 2.45) is 0 Å². The minimum Gasteiger partial charge on any atom is -0.380 e. The van der Waals surface area contributed by atoms with Gasteiger partial charge in [-0.05, 0) is 17.7 Å². The maximum absolute atomic E-state index is 10.2. The zero-order valence-electron chi connectivity index (χ0n) is 8.35. The third kappa shape index (κ3) is 2.39. The van der Waals surface area contributed by atoms with Gasteiger partial charge in [-0.2, -0.15) is 0 Å². The molecule has 3 nitrogen and oxygen atoms in total. The monoisotopic (exact) mass is 348 g/mol. The Bertz CT molecular complexity index is 469. The molecule has 0 spiro atoms. The Balaban J connectivity index is 2.31. The van der Waals surface area contributed by atoms with E-state index < -0.39 is 6.10 Å². The Morgan fingerprint density at radius 2 is 2.06 bits per heavy atom. The standard InChI is InChI=1S/C11H10ClIN2O/c12-9-3-1-8(2-4-9)10(16)11-14-5-6-15(11)7-13/h1-6,10,16H,7H2. The largest absolute Gasteiger partial charge is 0.380 e. The van der Waals surface area contributed by atoms with Crippen LogP contribution >= 0.6 is 34.2 Å². The molecule has 1 atom stereocenters. The molecule has 1 heterocycles. The smallest absolute Gasteiger partial charge is 0.142 e. The number of hydrogen-bond donors (Lipinski definition) is 1. The Kier molecular flexibility index (Phi) is 3.83. The maximum Gasteiger partial charge on any atom is 0.142 e. The van der Waals surface area contributed by atoms with Crippen molar-refractivity contribution in [2.75, 3.05) is 0 Å². The second-order valence-corrected chi connectivity index (χ2v) is 4.45. The maximum atomic E-state index is 10.2. The lowest BCUT2D eigenvalue weighted by Crippen LogP contribution is -2.07. The van der Waals surface area contributed by atoms with Gasteiger partial charge in [0.05, 0.1) is 4.55 Å². The molecule has 1 aromatic heterocycles. The predicted octanol–water partition coefficient (Wildman–Crippen LogP) is 3.01. The van der Waals surface area contributed by atoms with Gasteiger partial charge in [-0.1, -0.05) is 46.3 Å². The van der Waals surface area contributed by atoms with Crippen molar-refractivity contribution in [3.05, 3.63) is 53.1 Å². The lowest BCUT2D eigenvalue weighted by Gasteiger charge is -2.11. The second kappa shape index (κ2) is 5.16. The van der Waals surface area contributed by atoms with Crippen molar-refractivity contribution in [3.63, 3.8) is 0 Å². The van der Waals surface area contributed by atoms with Gasteiger partial charge in [-0.15, -0.1) is 0 Å². The van der Waals surface area contributed by atoms with E-state index in [2.05, 4.69) is 27.6 Å². The molecule has 0 saturated carbocycles. The average Bonchev–Trinajstić information content (AvgIpc) is 2.77. The normalized spacial score (nSPS) is 12.7. The summed E-state index contributed by atoms with van der Waals surface area (Å²) in [5.41, 5.74) is 0.793. The fourth-order valence-corrected chi connectivity index (χ4v) is 2.17. The predicted molar refractivity (Wildman–Crippen MR) is 71.8 cm³/mol. The number of imidazole rings is 1. The Hall–Kier alpha value is -0.590. The van der Waals surface area contributed by atoms with E-state index >= 15 is 0 Å². The van der Waals surface area contributed by atoms with Crippen molar-refractivity contribution in [1.82, 2.24) is 9.55 Å². The number of hydrogen-bond acceptors (Lipinski definition) is 2. The van der Waals surface area contributed by atoms with Crippen molar-refractivity contribution in [1.29, 1.82) is 0 Å². The van der Waals surface area contributed by atoms with Crippen LogP contribution in [0.3, 0.4) is 0 Å². The summed E-state index contributed by atoms with van der Waals surface area (Å²) in [4.78, 5) is 4.16. The molecule has 1 unspecified atom stereocenters. The molecule has 0 aliphatic carbocycles. The van der Waals surface area contributed by atoms with Gasteiger partial charge in [0.2, 0.25) is 0 Å². The summed E-state index contributed by atoms with van der Waals surface area (Å²) in [6.07, 6.45) is 2.83. The number of aliphatic hydroxyl groups excluding tert-OH is 1. The molecule has 16 heavy (non-hydrogen) atoms. The number of halogens is 2. The van der Waals surface area contributed by atoms with Crippen LogP contribution in [0.1, 0.15) is 17.5 Å².